The maximum atomic E-state index is 14.1. The summed E-state index contributed by atoms with van der Waals surface area (Å²) in [4.78, 5) is 51.3. The summed E-state index contributed by atoms with van der Waals surface area (Å²) in [7, 11) is 3.19. The Morgan fingerprint density at radius 1 is 1.15 bits per heavy atom. The quantitative estimate of drug-likeness (QED) is 0.325. The summed E-state index contributed by atoms with van der Waals surface area (Å²) in [6.45, 7) is 6.69. The van der Waals surface area contributed by atoms with Gasteiger partial charge in [0, 0.05) is 41.9 Å². The Bertz CT molecular complexity index is 1700. The third kappa shape index (κ3) is 5.74. The van der Waals surface area contributed by atoms with E-state index in [0.29, 0.717) is 43.0 Å². The largest absolute Gasteiger partial charge is 0.496 e. The topological polar surface area (TPSA) is 131 Å². The first kappa shape index (κ1) is 32.0. The fourth-order valence-corrected chi connectivity index (χ4v) is 7.96. The summed E-state index contributed by atoms with van der Waals surface area (Å²) in [5.41, 5.74) is 1.99. The Kier molecular flexibility index (Phi) is 8.80. The SMILES string of the molecule is COc1ccc2c(OC3CC4C(=O)NCCCCC=CC5CC5(C(=O)O)N(C)C(=O)C4C3)cc(-c3nc(C(C)C)cs3)nc2c1C. The van der Waals surface area contributed by atoms with Crippen molar-refractivity contribution in [3.8, 4) is 22.2 Å². The van der Waals surface area contributed by atoms with Crippen molar-refractivity contribution in [2.24, 2.45) is 17.8 Å². The highest BCUT2D eigenvalue weighted by atomic mass is 32.1. The molecule has 5 unspecified atom stereocenters. The van der Waals surface area contributed by atoms with E-state index >= 15 is 0 Å². The first-order chi connectivity index (χ1) is 22.0. The molecular formula is C35H42N4O6S. The van der Waals surface area contributed by atoms with Gasteiger partial charge in [0.25, 0.3) is 0 Å². The molecule has 11 heteroatoms. The molecule has 2 aromatic heterocycles. The summed E-state index contributed by atoms with van der Waals surface area (Å²) in [5.74, 6) is -1.53. The number of aryl methyl sites for hydroxylation is 1. The van der Waals surface area contributed by atoms with E-state index in [0.717, 1.165) is 46.4 Å². The Hall–Kier alpha value is -3.99. The van der Waals surface area contributed by atoms with Crippen molar-refractivity contribution in [2.45, 2.75) is 76.9 Å². The van der Waals surface area contributed by atoms with Crippen molar-refractivity contribution < 1.29 is 29.0 Å². The summed E-state index contributed by atoms with van der Waals surface area (Å²) in [6, 6.07) is 5.70. The van der Waals surface area contributed by atoms with Gasteiger partial charge in [0.05, 0.1) is 30.2 Å². The van der Waals surface area contributed by atoms with Gasteiger partial charge in [0.15, 0.2) is 0 Å². The number of aromatic nitrogens is 2. The van der Waals surface area contributed by atoms with Crippen LogP contribution in [0.4, 0.5) is 0 Å². The molecule has 0 bridgehead atoms. The first-order valence-corrected chi connectivity index (χ1v) is 17.0. The molecule has 244 valence electrons. The lowest BCUT2D eigenvalue weighted by molar-refractivity contribution is -0.154. The van der Waals surface area contributed by atoms with Gasteiger partial charge in [-0.3, -0.25) is 9.59 Å². The predicted molar refractivity (Wildman–Crippen MR) is 176 cm³/mol. The lowest BCUT2D eigenvalue weighted by Gasteiger charge is -2.30. The van der Waals surface area contributed by atoms with Crippen LogP contribution in [-0.2, 0) is 14.4 Å². The lowest BCUT2D eigenvalue weighted by Crippen LogP contribution is -2.50. The van der Waals surface area contributed by atoms with Crippen LogP contribution < -0.4 is 14.8 Å². The lowest BCUT2D eigenvalue weighted by atomic mass is 9.92. The average molecular weight is 647 g/mol. The van der Waals surface area contributed by atoms with E-state index in [9.17, 15) is 19.5 Å². The number of hydrogen-bond donors (Lipinski definition) is 2. The van der Waals surface area contributed by atoms with E-state index < -0.39 is 29.4 Å². The molecule has 2 saturated carbocycles. The van der Waals surface area contributed by atoms with Crippen molar-refractivity contribution >= 4 is 40.0 Å². The highest BCUT2D eigenvalue weighted by Gasteiger charge is 2.64. The molecule has 0 saturated heterocycles. The number of carbonyl (C=O) groups excluding carboxylic acids is 2. The van der Waals surface area contributed by atoms with Crippen LogP contribution in [0.1, 0.15) is 69.5 Å². The van der Waals surface area contributed by atoms with Crippen LogP contribution in [0, 0.1) is 24.7 Å². The number of pyridine rings is 1. The summed E-state index contributed by atoms with van der Waals surface area (Å²) in [6.07, 6.45) is 6.98. The number of fused-ring (bicyclic) bond motifs is 3. The molecule has 3 aliphatic rings. The molecule has 2 N–H and O–H groups in total. The number of amides is 2. The smallest absolute Gasteiger partial charge is 0.330 e. The Morgan fingerprint density at radius 2 is 1.93 bits per heavy atom. The third-order valence-electron chi connectivity index (χ3n) is 9.92. The van der Waals surface area contributed by atoms with Crippen LogP contribution in [0.15, 0.2) is 35.7 Å². The van der Waals surface area contributed by atoms with Crippen LogP contribution in [0.5, 0.6) is 11.5 Å². The number of carboxylic acid groups (broad SMARTS) is 1. The number of nitrogens with one attached hydrogen (secondary N) is 1. The van der Waals surface area contributed by atoms with Crippen molar-refractivity contribution in [1.82, 2.24) is 20.2 Å². The van der Waals surface area contributed by atoms with Gasteiger partial charge in [0.1, 0.15) is 33.8 Å². The Balaban J connectivity index is 1.35. The van der Waals surface area contributed by atoms with Crippen molar-refractivity contribution in [3.63, 3.8) is 0 Å². The molecule has 1 aliphatic heterocycles. The Morgan fingerprint density at radius 3 is 2.65 bits per heavy atom. The van der Waals surface area contributed by atoms with Crippen LogP contribution in [0.2, 0.25) is 0 Å². The highest BCUT2D eigenvalue weighted by molar-refractivity contribution is 7.13. The second-order valence-corrected chi connectivity index (χ2v) is 14.0. The monoisotopic (exact) mass is 646 g/mol. The first-order valence-electron chi connectivity index (χ1n) is 16.1. The van der Waals surface area contributed by atoms with Gasteiger partial charge < -0.3 is 24.8 Å². The molecule has 2 fully saturated rings. The van der Waals surface area contributed by atoms with Gasteiger partial charge in [-0.2, -0.15) is 0 Å². The van der Waals surface area contributed by atoms with Gasteiger partial charge in [-0.05, 0) is 63.5 Å². The number of allylic oxidation sites excluding steroid dienone is 1. The van der Waals surface area contributed by atoms with E-state index in [-0.39, 0.29) is 23.7 Å². The standard InChI is InChI=1S/C35H42N4O6S/c1-19(2)27-18-46-32(38-27)26-16-29(23-11-12-28(44-5)20(3)30(23)37-26)45-22-14-24-25(15-22)33(41)39(4)35(34(42)43)17-21(35)10-8-6-7-9-13-36-31(24)40/h8,10-12,16,18-19,21-22,24-25H,6-7,9,13-15,17H2,1-5H3,(H,36,40)(H,42,43). The average Bonchev–Trinajstić information content (AvgIpc) is 3.34. The second-order valence-electron chi connectivity index (χ2n) is 13.1. The maximum absolute atomic E-state index is 14.1. The minimum absolute atomic E-state index is 0.188. The van der Waals surface area contributed by atoms with E-state index in [1.54, 1.807) is 14.2 Å². The number of ether oxygens (including phenoxy) is 2. The van der Waals surface area contributed by atoms with Crippen molar-refractivity contribution in [2.75, 3.05) is 20.7 Å². The minimum atomic E-state index is -1.28. The van der Waals surface area contributed by atoms with E-state index in [4.69, 9.17) is 19.4 Å². The molecule has 2 aliphatic carbocycles. The van der Waals surface area contributed by atoms with Crippen LogP contribution in [0.25, 0.3) is 21.6 Å². The molecule has 0 spiro atoms. The van der Waals surface area contributed by atoms with Gasteiger partial charge in [0.2, 0.25) is 11.8 Å². The van der Waals surface area contributed by atoms with Gasteiger partial charge in [-0.25, -0.2) is 14.8 Å². The number of carbonyl (C=O) groups is 3. The number of carboxylic acids is 1. The zero-order valence-corrected chi connectivity index (χ0v) is 27.9. The fourth-order valence-electron chi connectivity index (χ4n) is 7.02. The van der Waals surface area contributed by atoms with Gasteiger partial charge in [-0.1, -0.05) is 26.0 Å². The number of likely N-dealkylation sites (N-methyl/N-ethyl adjacent to an activating group) is 1. The number of rotatable bonds is 6. The molecule has 0 radical (unpaired) electrons. The molecule has 1 aromatic carbocycles. The number of thiazole rings is 1. The maximum Gasteiger partial charge on any atom is 0.330 e. The second kappa shape index (κ2) is 12.7. The highest BCUT2D eigenvalue weighted by Crippen LogP contribution is 2.51. The number of nitrogens with zero attached hydrogens (tertiary/aromatic N) is 3. The molecule has 5 atom stereocenters. The predicted octanol–water partition coefficient (Wildman–Crippen LogP) is 5.73. The molecule has 2 amide bonds. The molecule has 46 heavy (non-hydrogen) atoms. The summed E-state index contributed by atoms with van der Waals surface area (Å²) >= 11 is 1.53. The van der Waals surface area contributed by atoms with Crippen LogP contribution in [0.3, 0.4) is 0 Å². The van der Waals surface area contributed by atoms with E-state index in [1.165, 1.54) is 16.2 Å². The Labute approximate surface area is 273 Å². The van der Waals surface area contributed by atoms with Gasteiger partial charge in [-0.15, -0.1) is 11.3 Å². The molecule has 3 heterocycles. The van der Waals surface area contributed by atoms with Crippen LogP contribution in [-0.4, -0.2) is 70.1 Å². The number of benzene rings is 1. The fraction of sp³-hybridized carbons (Fsp3) is 0.514. The zero-order valence-electron chi connectivity index (χ0n) is 27.0. The summed E-state index contributed by atoms with van der Waals surface area (Å²) in [5, 5.41) is 16.9. The number of methoxy groups -OCH3 is 1. The minimum Gasteiger partial charge on any atom is -0.496 e. The van der Waals surface area contributed by atoms with Crippen molar-refractivity contribution in [1.29, 1.82) is 0 Å². The molecule has 10 nitrogen and oxygen atoms in total. The molecule has 6 rings (SSSR count). The number of hydrogen-bond acceptors (Lipinski definition) is 8. The normalized spacial score (nSPS) is 26.8. The van der Waals surface area contributed by atoms with E-state index in [2.05, 4.69) is 19.2 Å². The zero-order chi connectivity index (χ0) is 32.7. The summed E-state index contributed by atoms with van der Waals surface area (Å²) < 4.78 is 12.3. The van der Waals surface area contributed by atoms with Gasteiger partial charge >= 0.3 is 5.97 Å². The third-order valence-corrected chi connectivity index (χ3v) is 10.8. The van der Waals surface area contributed by atoms with Crippen LogP contribution >= 0.6 is 11.3 Å². The van der Waals surface area contributed by atoms with E-state index in [1.807, 2.05) is 42.7 Å². The van der Waals surface area contributed by atoms with Crippen molar-refractivity contribution in [3.05, 3.63) is 47.0 Å². The number of aliphatic carboxylic acids is 1. The molecular weight excluding hydrogens is 604 g/mol. The molecule has 3 aromatic rings.